The van der Waals surface area contributed by atoms with Crippen molar-refractivity contribution in [1.82, 2.24) is 20.1 Å². The van der Waals surface area contributed by atoms with Gasteiger partial charge < -0.3 is 26.1 Å². The van der Waals surface area contributed by atoms with E-state index in [1.165, 1.54) is 0 Å². The predicted octanol–water partition coefficient (Wildman–Crippen LogP) is 2.63. The number of benzene rings is 2. The van der Waals surface area contributed by atoms with Crippen LogP contribution in [0.15, 0.2) is 48.7 Å². The highest BCUT2D eigenvalue weighted by Gasteiger charge is 2.21. The number of hydrogen-bond donors (Lipinski definition) is 4. The van der Waals surface area contributed by atoms with Gasteiger partial charge in [-0.25, -0.2) is 4.68 Å². The van der Waals surface area contributed by atoms with Gasteiger partial charge in [-0.15, -0.1) is 0 Å². The number of nitrogens with zero attached hydrogens (tertiary/aromatic N) is 2. The molecule has 9 nitrogen and oxygen atoms in total. The number of ether oxygens (including phenoxy) is 1. The Morgan fingerprint density at radius 1 is 1.18 bits per heavy atom. The maximum atomic E-state index is 13.3. The van der Waals surface area contributed by atoms with Crippen LogP contribution < -0.4 is 21.1 Å². The number of rotatable bonds is 8. The van der Waals surface area contributed by atoms with Gasteiger partial charge in [-0.3, -0.25) is 9.59 Å². The van der Waals surface area contributed by atoms with Crippen LogP contribution in [0.3, 0.4) is 0 Å². The van der Waals surface area contributed by atoms with E-state index < -0.39 is 0 Å². The molecule has 0 aliphatic carbocycles. The number of nitrogens with one attached hydrogen (secondary N) is 3. The first-order chi connectivity index (χ1) is 16.0. The van der Waals surface area contributed by atoms with Gasteiger partial charge in [0.25, 0.3) is 5.91 Å². The minimum absolute atomic E-state index is 0.204. The lowest BCUT2D eigenvalue weighted by molar-refractivity contribution is 0.0954. The number of hydrogen-bond acceptors (Lipinski definition) is 6. The summed E-state index contributed by atoms with van der Waals surface area (Å²) in [5.74, 6) is 0.917. The maximum Gasteiger partial charge on any atom is 0.251 e. The van der Waals surface area contributed by atoms with Crippen molar-refractivity contribution in [2.24, 2.45) is 5.73 Å². The normalized spacial score (nSPS) is 10.9. The average molecular weight is 447 g/mol. The summed E-state index contributed by atoms with van der Waals surface area (Å²) in [4.78, 5) is 28.7. The molecule has 2 aromatic heterocycles. The Labute approximate surface area is 190 Å². The molecule has 9 heteroatoms. The van der Waals surface area contributed by atoms with Crippen LogP contribution in [0, 0.1) is 6.92 Å². The fraction of sp³-hybridized carbons (Fsp3) is 0.208. The van der Waals surface area contributed by atoms with E-state index in [0.29, 0.717) is 35.7 Å². The Balaban J connectivity index is 1.67. The first kappa shape index (κ1) is 22.1. The van der Waals surface area contributed by atoms with E-state index in [2.05, 4.69) is 20.7 Å². The molecule has 0 saturated heterocycles. The van der Waals surface area contributed by atoms with Crippen LogP contribution in [0.2, 0.25) is 0 Å². The maximum absolute atomic E-state index is 13.3. The summed E-state index contributed by atoms with van der Waals surface area (Å²) in [6, 6.07) is 12.6. The fourth-order valence-corrected chi connectivity index (χ4v) is 3.76. The van der Waals surface area contributed by atoms with E-state index in [-0.39, 0.29) is 11.7 Å². The summed E-state index contributed by atoms with van der Waals surface area (Å²) >= 11 is 0. The van der Waals surface area contributed by atoms with Crippen LogP contribution in [0.4, 0.5) is 5.82 Å². The van der Waals surface area contributed by atoms with Gasteiger partial charge in [-0.1, -0.05) is 0 Å². The Morgan fingerprint density at radius 2 is 2.00 bits per heavy atom. The zero-order valence-electron chi connectivity index (χ0n) is 18.7. The molecule has 0 saturated carbocycles. The first-order valence-corrected chi connectivity index (χ1v) is 10.5. The lowest BCUT2D eigenvalue weighted by atomic mass is 10.1. The average Bonchev–Trinajstić information content (AvgIpc) is 3.45. The van der Waals surface area contributed by atoms with Gasteiger partial charge in [0.1, 0.15) is 11.6 Å². The molecule has 170 valence electrons. The summed E-state index contributed by atoms with van der Waals surface area (Å²) in [5.41, 5.74) is 9.35. The van der Waals surface area contributed by atoms with E-state index in [4.69, 9.17) is 10.5 Å². The van der Waals surface area contributed by atoms with Crippen molar-refractivity contribution in [3.63, 3.8) is 0 Å². The second-order valence-electron chi connectivity index (χ2n) is 7.58. The van der Waals surface area contributed by atoms with Crippen molar-refractivity contribution in [3.8, 4) is 11.4 Å². The number of aromatic nitrogens is 3. The van der Waals surface area contributed by atoms with Crippen molar-refractivity contribution < 1.29 is 14.3 Å². The van der Waals surface area contributed by atoms with Gasteiger partial charge in [-0.2, -0.15) is 5.10 Å². The lowest BCUT2D eigenvalue weighted by Crippen LogP contribution is -2.28. The molecule has 0 aliphatic heterocycles. The van der Waals surface area contributed by atoms with E-state index in [9.17, 15) is 9.59 Å². The summed E-state index contributed by atoms with van der Waals surface area (Å²) < 4.78 is 6.98. The van der Waals surface area contributed by atoms with E-state index >= 15 is 0 Å². The van der Waals surface area contributed by atoms with Crippen LogP contribution >= 0.6 is 0 Å². The van der Waals surface area contributed by atoms with E-state index in [0.717, 1.165) is 27.9 Å². The number of carbonyl (C=O) groups is 2. The van der Waals surface area contributed by atoms with Crippen LogP contribution in [0.1, 0.15) is 32.0 Å². The molecule has 2 aromatic carbocycles. The zero-order chi connectivity index (χ0) is 23.5. The Bertz CT molecular complexity index is 1340. The highest BCUT2D eigenvalue weighted by molar-refractivity contribution is 6.13. The number of aromatic amines is 1. The lowest BCUT2D eigenvalue weighted by Gasteiger charge is -2.12. The molecule has 0 radical (unpaired) electrons. The third-order valence-electron chi connectivity index (χ3n) is 5.44. The van der Waals surface area contributed by atoms with Gasteiger partial charge in [0.15, 0.2) is 0 Å². The number of amides is 1. The van der Waals surface area contributed by atoms with Crippen LogP contribution in [-0.2, 0) is 0 Å². The zero-order valence-corrected chi connectivity index (χ0v) is 18.7. The molecule has 0 spiro atoms. The molecule has 4 rings (SSSR count). The van der Waals surface area contributed by atoms with Crippen LogP contribution in [-0.4, -0.2) is 53.7 Å². The molecule has 33 heavy (non-hydrogen) atoms. The molecule has 0 bridgehead atoms. The number of carbonyl (C=O) groups excluding carboxylic acids is 2. The van der Waals surface area contributed by atoms with Crippen LogP contribution in [0.25, 0.3) is 16.6 Å². The van der Waals surface area contributed by atoms with E-state index in [1.54, 1.807) is 49.3 Å². The van der Waals surface area contributed by atoms with Crippen molar-refractivity contribution in [3.05, 3.63) is 71.0 Å². The quantitative estimate of drug-likeness (QED) is 0.308. The largest absolute Gasteiger partial charge is 0.497 e. The molecule has 2 heterocycles. The number of aryl methyl sites for hydroxylation is 1. The van der Waals surface area contributed by atoms with Crippen molar-refractivity contribution in [1.29, 1.82) is 0 Å². The third kappa shape index (κ3) is 4.18. The van der Waals surface area contributed by atoms with Crippen molar-refractivity contribution >= 4 is 28.4 Å². The highest BCUT2D eigenvalue weighted by Crippen LogP contribution is 2.27. The topological polar surface area (TPSA) is 127 Å². The summed E-state index contributed by atoms with van der Waals surface area (Å²) in [7, 11) is 3.37. The number of ketones is 1. The predicted molar refractivity (Wildman–Crippen MR) is 128 cm³/mol. The highest BCUT2D eigenvalue weighted by atomic mass is 16.5. The molecule has 1 amide bonds. The number of fused-ring (bicyclic) bond motifs is 1. The van der Waals surface area contributed by atoms with E-state index in [1.807, 2.05) is 25.1 Å². The molecule has 0 atom stereocenters. The van der Waals surface area contributed by atoms with Gasteiger partial charge in [0, 0.05) is 36.6 Å². The van der Waals surface area contributed by atoms with Gasteiger partial charge in [0.2, 0.25) is 5.78 Å². The second kappa shape index (κ2) is 9.17. The third-order valence-corrected chi connectivity index (χ3v) is 5.44. The molecular weight excluding hydrogens is 420 g/mol. The molecule has 0 unspecified atom stereocenters. The Hall–Kier alpha value is -4.11. The first-order valence-electron chi connectivity index (χ1n) is 10.5. The standard InChI is InChI=1S/C24H26N6O3/c1-14-10-17(33-3)5-7-21(14)30-23(26-2)18(13-28-30)22(31)20-12-16-11-15(4-6-19(16)29-20)24(32)27-9-8-25/h4-7,10-13,26,29H,8-9,25H2,1-3H3,(H,27,32). The number of methoxy groups -OCH3 is 1. The van der Waals surface area contributed by atoms with Gasteiger partial charge in [-0.05, 0) is 55.0 Å². The molecule has 0 fully saturated rings. The minimum atomic E-state index is -0.206. The van der Waals surface area contributed by atoms with Gasteiger partial charge >= 0.3 is 0 Å². The molecule has 4 aromatic rings. The number of nitrogens with two attached hydrogens (primary N) is 1. The van der Waals surface area contributed by atoms with Crippen molar-refractivity contribution in [2.45, 2.75) is 6.92 Å². The molecule has 0 aliphatic rings. The smallest absolute Gasteiger partial charge is 0.251 e. The SMILES string of the molecule is CNc1c(C(=O)c2cc3cc(C(=O)NCCN)ccc3[nH]2)cnn1-c1ccc(OC)cc1C. The Kier molecular flexibility index (Phi) is 6.14. The molecule has 5 N–H and O–H groups in total. The fourth-order valence-electron chi connectivity index (χ4n) is 3.76. The van der Waals surface area contributed by atoms with Crippen LogP contribution in [0.5, 0.6) is 5.75 Å². The number of H-pyrrole nitrogens is 1. The minimum Gasteiger partial charge on any atom is -0.497 e. The summed E-state index contributed by atoms with van der Waals surface area (Å²) in [5, 5.41) is 11.1. The van der Waals surface area contributed by atoms with Crippen molar-refractivity contribution in [2.75, 3.05) is 32.6 Å². The second-order valence-corrected chi connectivity index (χ2v) is 7.58. The van der Waals surface area contributed by atoms with Gasteiger partial charge in [0.05, 0.1) is 30.3 Å². The monoisotopic (exact) mass is 446 g/mol. The summed E-state index contributed by atoms with van der Waals surface area (Å²) in [6.45, 7) is 2.73. The Morgan fingerprint density at radius 3 is 2.70 bits per heavy atom. The molecular formula is C24H26N6O3. The summed E-state index contributed by atoms with van der Waals surface area (Å²) in [6.07, 6.45) is 1.55. The number of anilines is 1.